The highest BCUT2D eigenvalue weighted by molar-refractivity contribution is 5.70. The Labute approximate surface area is 107 Å². The molecule has 1 aliphatic heterocycles. The largest absolute Gasteiger partial charge is 0.481 e. The van der Waals surface area contributed by atoms with Crippen molar-refractivity contribution in [2.24, 2.45) is 11.7 Å². The van der Waals surface area contributed by atoms with Crippen molar-refractivity contribution >= 4 is 5.97 Å². The molecule has 1 fully saturated rings. The first kappa shape index (κ1) is 13.1. The summed E-state index contributed by atoms with van der Waals surface area (Å²) in [6.45, 7) is 3.99. The third-order valence-electron chi connectivity index (χ3n) is 3.66. The van der Waals surface area contributed by atoms with Crippen LogP contribution in [-0.4, -0.2) is 35.6 Å². The Bertz CT molecular complexity index is 434. The molecular weight excluding hydrogens is 228 g/mol. The number of nitrogens with zero attached hydrogens (tertiary/aromatic N) is 1. The van der Waals surface area contributed by atoms with Gasteiger partial charge in [0.2, 0.25) is 0 Å². The summed E-state index contributed by atoms with van der Waals surface area (Å²) >= 11 is 0. The summed E-state index contributed by atoms with van der Waals surface area (Å²) in [4.78, 5) is 13.2. The Kier molecular flexibility index (Phi) is 3.99. The van der Waals surface area contributed by atoms with Crippen LogP contribution in [0.5, 0.6) is 0 Å². The molecule has 1 heterocycles. The van der Waals surface area contributed by atoms with Crippen molar-refractivity contribution in [2.45, 2.75) is 19.4 Å². The van der Waals surface area contributed by atoms with E-state index in [9.17, 15) is 4.79 Å². The maximum atomic E-state index is 11.0. The van der Waals surface area contributed by atoms with Crippen LogP contribution in [0.15, 0.2) is 24.3 Å². The average Bonchev–Trinajstić information content (AvgIpc) is 2.80. The minimum Gasteiger partial charge on any atom is -0.481 e. The Hall–Kier alpha value is -1.39. The second kappa shape index (κ2) is 5.50. The van der Waals surface area contributed by atoms with E-state index >= 15 is 0 Å². The van der Waals surface area contributed by atoms with Gasteiger partial charge >= 0.3 is 5.97 Å². The third-order valence-corrected chi connectivity index (χ3v) is 3.66. The second-order valence-corrected chi connectivity index (χ2v) is 4.98. The van der Waals surface area contributed by atoms with Gasteiger partial charge in [-0.05, 0) is 25.5 Å². The molecule has 0 aromatic heterocycles. The lowest BCUT2D eigenvalue weighted by Gasteiger charge is -2.27. The van der Waals surface area contributed by atoms with Crippen molar-refractivity contribution < 1.29 is 9.90 Å². The van der Waals surface area contributed by atoms with Gasteiger partial charge in [0.15, 0.2) is 0 Å². The molecule has 0 aliphatic carbocycles. The number of carbonyl (C=O) groups is 1. The van der Waals surface area contributed by atoms with Gasteiger partial charge in [0.1, 0.15) is 0 Å². The first-order valence-electron chi connectivity index (χ1n) is 6.35. The van der Waals surface area contributed by atoms with Gasteiger partial charge in [-0.1, -0.05) is 29.8 Å². The lowest BCUT2D eigenvalue weighted by Crippen LogP contribution is -2.32. The highest BCUT2D eigenvalue weighted by Gasteiger charge is 2.32. The van der Waals surface area contributed by atoms with E-state index < -0.39 is 5.97 Å². The predicted octanol–water partition coefficient (Wildman–Crippen LogP) is 1.40. The molecule has 1 aromatic carbocycles. The van der Waals surface area contributed by atoms with Crippen molar-refractivity contribution in [1.29, 1.82) is 0 Å². The molecule has 0 amide bonds. The summed E-state index contributed by atoms with van der Waals surface area (Å²) in [5.41, 5.74) is 8.26. The maximum absolute atomic E-state index is 11.0. The van der Waals surface area contributed by atoms with Crippen molar-refractivity contribution in [1.82, 2.24) is 4.90 Å². The standard InChI is InChI=1S/C14H20N2O2/c1-10-3-2-4-11(7-10)13(8-15)16-6-5-12(9-16)14(17)18/h2-4,7,12-13H,5-6,8-9,15H2,1H3,(H,17,18)/t12-,13+/m1/s1. The molecule has 1 aromatic rings. The van der Waals surface area contributed by atoms with Gasteiger partial charge in [0.25, 0.3) is 0 Å². The van der Waals surface area contributed by atoms with Gasteiger partial charge in [0.05, 0.1) is 5.92 Å². The molecule has 98 valence electrons. The summed E-state index contributed by atoms with van der Waals surface area (Å²) in [7, 11) is 0. The molecule has 2 atom stereocenters. The van der Waals surface area contributed by atoms with Crippen LogP contribution in [0, 0.1) is 12.8 Å². The van der Waals surface area contributed by atoms with Crippen molar-refractivity contribution in [2.75, 3.05) is 19.6 Å². The maximum Gasteiger partial charge on any atom is 0.307 e. The molecule has 1 saturated heterocycles. The fraction of sp³-hybridized carbons (Fsp3) is 0.500. The van der Waals surface area contributed by atoms with E-state index in [4.69, 9.17) is 10.8 Å². The highest BCUT2D eigenvalue weighted by Crippen LogP contribution is 2.27. The molecule has 1 aliphatic rings. The Balaban J connectivity index is 2.13. The number of aliphatic carboxylic acids is 1. The molecule has 4 heteroatoms. The van der Waals surface area contributed by atoms with Crippen LogP contribution in [0.2, 0.25) is 0 Å². The minimum absolute atomic E-state index is 0.134. The van der Waals surface area contributed by atoms with E-state index in [0.29, 0.717) is 13.1 Å². The van der Waals surface area contributed by atoms with Crippen LogP contribution in [0.25, 0.3) is 0 Å². The van der Waals surface area contributed by atoms with Gasteiger partial charge in [-0.2, -0.15) is 0 Å². The fourth-order valence-electron chi connectivity index (χ4n) is 2.65. The van der Waals surface area contributed by atoms with Crippen LogP contribution in [0.4, 0.5) is 0 Å². The molecule has 0 unspecified atom stereocenters. The average molecular weight is 248 g/mol. The molecule has 0 spiro atoms. The zero-order valence-corrected chi connectivity index (χ0v) is 10.7. The van der Waals surface area contributed by atoms with Gasteiger partial charge in [-0.15, -0.1) is 0 Å². The highest BCUT2D eigenvalue weighted by atomic mass is 16.4. The molecule has 0 radical (unpaired) electrons. The predicted molar refractivity (Wildman–Crippen MR) is 70.3 cm³/mol. The van der Waals surface area contributed by atoms with E-state index in [2.05, 4.69) is 30.0 Å². The normalized spacial score (nSPS) is 22.0. The number of rotatable bonds is 4. The molecular formula is C14H20N2O2. The topological polar surface area (TPSA) is 66.6 Å². The van der Waals surface area contributed by atoms with E-state index in [0.717, 1.165) is 13.0 Å². The first-order valence-corrected chi connectivity index (χ1v) is 6.35. The Morgan fingerprint density at radius 2 is 2.39 bits per heavy atom. The van der Waals surface area contributed by atoms with Crippen molar-refractivity contribution in [3.05, 3.63) is 35.4 Å². The summed E-state index contributed by atoms with van der Waals surface area (Å²) in [5, 5.41) is 9.04. The number of likely N-dealkylation sites (tertiary alicyclic amines) is 1. The third kappa shape index (κ3) is 2.71. The number of benzene rings is 1. The van der Waals surface area contributed by atoms with E-state index in [1.165, 1.54) is 11.1 Å². The Morgan fingerprint density at radius 3 is 2.94 bits per heavy atom. The number of nitrogens with two attached hydrogens (primary N) is 1. The van der Waals surface area contributed by atoms with Gasteiger partial charge in [-0.3, -0.25) is 9.69 Å². The molecule has 18 heavy (non-hydrogen) atoms. The van der Waals surface area contributed by atoms with Crippen molar-refractivity contribution in [3.63, 3.8) is 0 Å². The monoisotopic (exact) mass is 248 g/mol. The number of hydrogen-bond donors (Lipinski definition) is 2. The van der Waals surface area contributed by atoms with Crippen LogP contribution in [0.1, 0.15) is 23.6 Å². The summed E-state index contributed by atoms with van der Waals surface area (Å²) in [6, 6.07) is 8.41. The summed E-state index contributed by atoms with van der Waals surface area (Å²) in [5.74, 6) is -0.943. The zero-order chi connectivity index (χ0) is 13.1. The van der Waals surface area contributed by atoms with Gasteiger partial charge < -0.3 is 10.8 Å². The molecule has 0 saturated carbocycles. The lowest BCUT2D eigenvalue weighted by atomic mass is 10.0. The van der Waals surface area contributed by atoms with Crippen LogP contribution < -0.4 is 5.73 Å². The molecule has 0 bridgehead atoms. The summed E-state index contributed by atoms with van der Waals surface area (Å²) < 4.78 is 0. The SMILES string of the molecule is Cc1cccc([C@H](CN)N2CC[C@@H](C(=O)O)C2)c1. The van der Waals surface area contributed by atoms with E-state index in [1.807, 2.05) is 6.07 Å². The molecule has 3 N–H and O–H groups in total. The van der Waals surface area contributed by atoms with Crippen LogP contribution in [0.3, 0.4) is 0 Å². The smallest absolute Gasteiger partial charge is 0.307 e. The van der Waals surface area contributed by atoms with Gasteiger partial charge in [0, 0.05) is 19.1 Å². The fourth-order valence-corrected chi connectivity index (χ4v) is 2.65. The van der Waals surface area contributed by atoms with Gasteiger partial charge in [-0.25, -0.2) is 0 Å². The Morgan fingerprint density at radius 1 is 1.61 bits per heavy atom. The molecule has 2 rings (SSSR count). The first-order chi connectivity index (χ1) is 8.61. The number of hydrogen-bond acceptors (Lipinski definition) is 3. The zero-order valence-electron chi connectivity index (χ0n) is 10.7. The quantitative estimate of drug-likeness (QED) is 0.845. The number of aryl methyl sites for hydroxylation is 1. The summed E-state index contributed by atoms with van der Waals surface area (Å²) in [6.07, 6.45) is 0.720. The lowest BCUT2D eigenvalue weighted by molar-refractivity contribution is -0.141. The van der Waals surface area contributed by atoms with Crippen molar-refractivity contribution in [3.8, 4) is 0 Å². The number of carboxylic acids is 1. The molecule has 4 nitrogen and oxygen atoms in total. The van der Waals surface area contributed by atoms with E-state index in [-0.39, 0.29) is 12.0 Å². The van der Waals surface area contributed by atoms with E-state index in [1.54, 1.807) is 0 Å². The number of carboxylic acid groups (broad SMARTS) is 1. The van der Waals surface area contributed by atoms with Crippen LogP contribution in [-0.2, 0) is 4.79 Å². The second-order valence-electron chi connectivity index (χ2n) is 4.98. The minimum atomic E-state index is -0.697. The van der Waals surface area contributed by atoms with Crippen LogP contribution >= 0.6 is 0 Å².